The third-order valence-corrected chi connectivity index (χ3v) is 3.61. The van der Waals surface area contributed by atoms with Crippen LogP contribution in [0.5, 0.6) is 0 Å². The zero-order valence-electron chi connectivity index (χ0n) is 17.1. The lowest BCUT2D eigenvalue weighted by atomic mass is 10.2. The average Bonchev–Trinajstić information content (AvgIpc) is 2.99. The predicted octanol–water partition coefficient (Wildman–Crippen LogP) is 0.605. The molecule has 1 aromatic rings. The molecule has 1 aliphatic heterocycles. The van der Waals surface area contributed by atoms with Gasteiger partial charge in [-0.05, 0) is 32.9 Å². The van der Waals surface area contributed by atoms with Crippen LogP contribution in [0, 0.1) is 0 Å². The molecule has 2 heterocycles. The Morgan fingerprint density at radius 2 is 1.80 bits per heavy atom. The first-order valence-corrected chi connectivity index (χ1v) is 9.26. The van der Waals surface area contributed by atoms with E-state index in [1.807, 2.05) is 0 Å². The highest BCUT2D eigenvalue weighted by Crippen LogP contribution is 2.07. The number of nitrogens with one attached hydrogen (secondary N) is 3. The number of amides is 4. The SMILES string of the molecule is CC(C)(C)OC(=O)NNc1ccc(C(=O)NCCOCCN2C(=O)C=CC2=O)cn1. The van der Waals surface area contributed by atoms with Gasteiger partial charge in [0.2, 0.25) is 0 Å². The second-order valence-electron chi connectivity index (χ2n) is 7.21. The Morgan fingerprint density at radius 3 is 2.40 bits per heavy atom. The molecular weight excluding hydrogens is 394 g/mol. The maximum atomic E-state index is 12.1. The van der Waals surface area contributed by atoms with Gasteiger partial charge in [-0.2, -0.15) is 0 Å². The van der Waals surface area contributed by atoms with Crippen molar-refractivity contribution in [1.29, 1.82) is 0 Å². The van der Waals surface area contributed by atoms with E-state index in [-0.39, 0.29) is 44.0 Å². The summed E-state index contributed by atoms with van der Waals surface area (Å²) in [5.41, 5.74) is 4.64. The van der Waals surface area contributed by atoms with Crippen LogP contribution in [0.4, 0.5) is 10.6 Å². The molecule has 1 aliphatic rings. The Hall–Kier alpha value is -3.47. The van der Waals surface area contributed by atoms with Crippen molar-refractivity contribution >= 4 is 29.6 Å². The molecule has 0 bridgehead atoms. The molecule has 162 valence electrons. The molecular formula is C19H25N5O6. The van der Waals surface area contributed by atoms with Crippen LogP contribution in [-0.4, -0.2) is 65.6 Å². The van der Waals surface area contributed by atoms with Crippen LogP contribution in [0.1, 0.15) is 31.1 Å². The monoisotopic (exact) mass is 419 g/mol. The third kappa shape index (κ3) is 7.51. The number of imide groups is 1. The fraction of sp³-hybridized carbons (Fsp3) is 0.421. The minimum absolute atomic E-state index is 0.161. The van der Waals surface area contributed by atoms with Crippen molar-refractivity contribution in [3.05, 3.63) is 36.0 Å². The standard InChI is InChI=1S/C19H25N5O6/c1-19(2,3)30-18(28)23-22-14-5-4-13(12-21-14)17(27)20-8-10-29-11-9-24-15(25)6-7-16(24)26/h4-7,12H,8-11H2,1-3H3,(H,20,27)(H,21,22)(H,23,28). The van der Waals surface area contributed by atoms with Gasteiger partial charge in [-0.1, -0.05) is 0 Å². The van der Waals surface area contributed by atoms with Gasteiger partial charge in [-0.25, -0.2) is 15.2 Å². The number of hydrogen-bond donors (Lipinski definition) is 3. The molecule has 11 nitrogen and oxygen atoms in total. The molecule has 11 heteroatoms. The smallest absolute Gasteiger partial charge is 0.426 e. The molecule has 0 saturated heterocycles. The summed E-state index contributed by atoms with van der Waals surface area (Å²) in [6.07, 6.45) is 3.13. The van der Waals surface area contributed by atoms with Gasteiger partial charge >= 0.3 is 6.09 Å². The number of rotatable bonds is 9. The summed E-state index contributed by atoms with van der Waals surface area (Å²) >= 11 is 0. The van der Waals surface area contributed by atoms with E-state index in [0.29, 0.717) is 11.4 Å². The maximum Gasteiger partial charge on any atom is 0.426 e. The molecule has 0 fully saturated rings. The highest BCUT2D eigenvalue weighted by molar-refractivity contribution is 6.12. The van der Waals surface area contributed by atoms with Crippen molar-refractivity contribution < 1.29 is 28.7 Å². The van der Waals surface area contributed by atoms with Crippen molar-refractivity contribution in [3.8, 4) is 0 Å². The van der Waals surface area contributed by atoms with E-state index in [9.17, 15) is 19.2 Å². The topological polar surface area (TPSA) is 139 Å². The predicted molar refractivity (Wildman–Crippen MR) is 106 cm³/mol. The Kier molecular flexibility index (Phi) is 7.87. The number of anilines is 1. The van der Waals surface area contributed by atoms with Gasteiger partial charge in [-0.15, -0.1) is 0 Å². The van der Waals surface area contributed by atoms with E-state index in [0.717, 1.165) is 4.90 Å². The minimum Gasteiger partial charge on any atom is -0.443 e. The number of ether oxygens (including phenoxy) is 2. The first-order valence-electron chi connectivity index (χ1n) is 9.26. The van der Waals surface area contributed by atoms with E-state index >= 15 is 0 Å². The van der Waals surface area contributed by atoms with Gasteiger partial charge in [0.15, 0.2) is 0 Å². The van der Waals surface area contributed by atoms with Gasteiger partial charge in [0, 0.05) is 24.9 Å². The quantitative estimate of drug-likeness (QED) is 0.300. The van der Waals surface area contributed by atoms with Crippen LogP contribution in [0.15, 0.2) is 30.5 Å². The number of pyridine rings is 1. The van der Waals surface area contributed by atoms with Crippen molar-refractivity contribution in [2.24, 2.45) is 0 Å². The maximum absolute atomic E-state index is 12.1. The zero-order chi connectivity index (χ0) is 22.1. The Morgan fingerprint density at radius 1 is 1.10 bits per heavy atom. The molecule has 2 rings (SSSR count). The second kappa shape index (κ2) is 10.3. The summed E-state index contributed by atoms with van der Waals surface area (Å²) in [6.45, 7) is 6.06. The van der Waals surface area contributed by atoms with Crippen LogP contribution in [0.25, 0.3) is 0 Å². The number of carbonyl (C=O) groups is 4. The van der Waals surface area contributed by atoms with Gasteiger partial charge in [0.25, 0.3) is 17.7 Å². The van der Waals surface area contributed by atoms with Gasteiger partial charge < -0.3 is 14.8 Å². The normalized spacial score (nSPS) is 13.4. The summed E-state index contributed by atoms with van der Waals surface area (Å²) in [7, 11) is 0. The van der Waals surface area contributed by atoms with Crippen LogP contribution >= 0.6 is 0 Å². The molecule has 0 radical (unpaired) electrons. The highest BCUT2D eigenvalue weighted by Gasteiger charge is 2.22. The van der Waals surface area contributed by atoms with Crippen LogP contribution in [-0.2, 0) is 19.1 Å². The summed E-state index contributed by atoms with van der Waals surface area (Å²) in [5.74, 6) is -0.722. The fourth-order valence-electron chi connectivity index (χ4n) is 2.27. The zero-order valence-corrected chi connectivity index (χ0v) is 17.1. The Bertz CT molecular complexity index is 798. The molecule has 0 spiro atoms. The molecule has 3 N–H and O–H groups in total. The lowest BCUT2D eigenvalue weighted by Gasteiger charge is -2.19. The van der Waals surface area contributed by atoms with E-state index in [2.05, 4.69) is 21.2 Å². The summed E-state index contributed by atoms with van der Waals surface area (Å²) < 4.78 is 10.4. The number of hydrogen-bond acceptors (Lipinski definition) is 8. The van der Waals surface area contributed by atoms with E-state index in [1.165, 1.54) is 24.4 Å². The van der Waals surface area contributed by atoms with Crippen molar-refractivity contribution in [1.82, 2.24) is 20.6 Å². The van der Waals surface area contributed by atoms with Crippen LogP contribution < -0.4 is 16.2 Å². The van der Waals surface area contributed by atoms with Gasteiger partial charge in [0.1, 0.15) is 11.4 Å². The van der Waals surface area contributed by atoms with Crippen molar-refractivity contribution in [2.45, 2.75) is 26.4 Å². The first kappa shape index (κ1) is 22.8. The molecule has 0 aliphatic carbocycles. The molecule has 0 saturated carbocycles. The second-order valence-corrected chi connectivity index (χ2v) is 7.21. The number of aromatic nitrogens is 1. The summed E-state index contributed by atoms with van der Waals surface area (Å²) in [4.78, 5) is 51.5. The first-order chi connectivity index (χ1) is 14.2. The van der Waals surface area contributed by atoms with E-state index in [1.54, 1.807) is 26.8 Å². The molecule has 1 aromatic heterocycles. The van der Waals surface area contributed by atoms with Crippen molar-refractivity contribution in [2.75, 3.05) is 31.7 Å². The van der Waals surface area contributed by atoms with Gasteiger partial charge in [0.05, 0.1) is 25.3 Å². The Labute approximate surface area is 173 Å². The molecule has 0 aromatic carbocycles. The number of carbonyl (C=O) groups excluding carboxylic acids is 4. The molecule has 4 amide bonds. The van der Waals surface area contributed by atoms with Gasteiger partial charge in [-0.3, -0.25) is 24.7 Å². The minimum atomic E-state index is -0.652. The summed E-state index contributed by atoms with van der Waals surface area (Å²) in [5, 5.41) is 2.67. The molecule has 0 unspecified atom stereocenters. The molecule has 0 atom stereocenters. The fourth-order valence-corrected chi connectivity index (χ4v) is 2.27. The third-order valence-electron chi connectivity index (χ3n) is 3.61. The largest absolute Gasteiger partial charge is 0.443 e. The highest BCUT2D eigenvalue weighted by atomic mass is 16.6. The van der Waals surface area contributed by atoms with E-state index < -0.39 is 11.7 Å². The van der Waals surface area contributed by atoms with Crippen molar-refractivity contribution in [3.63, 3.8) is 0 Å². The lowest BCUT2D eigenvalue weighted by Crippen LogP contribution is -2.36. The van der Waals surface area contributed by atoms with Crippen LogP contribution in [0.2, 0.25) is 0 Å². The lowest BCUT2D eigenvalue weighted by molar-refractivity contribution is -0.137. The average molecular weight is 419 g/mol. The molecule has 30 heavy (non-hydrogen) atoms. The van der Waals surface area contributed by atoms with Crippen LogP contribution in [0.3, 0.4) is 0 Å². The summed E-state index contributed by atoms with van der Waals surface area (Å²) in [6, 6.07) is 3.07. The van der Waals surface area contributed by atoms with E-state index in [4.69, 9.17) is 9.47 Å². The number of hydrazine groups is 1. The number of nitrogens with zero attached hydrogens (tertiary/aromatic N) is 2. The Balaban J connectivity index is 1.63.